The number of carbonyl (C=O) groups excluding carboxylic acids is 2. The van der Waals surface area contributed by atoms with Gasteiger partial charge in [-0.1, -0.05) is 32.1 Å². The third-order valence-corrected chi connectivity index (χ3v) is 11.8. The molecule has 11 nitrogen and oxygen atoms in total. The summed E-state index contributed by atoms with van der Waals surface area (Å²) in [6, 6.07) is 0. The van der Waals surface area contributed by atoms with Gasteiger partial charge in [0, 0.05) is 55.1 Å². The molecule has 11 heteroatoms. The van der Waals surface area contributed by atoms with Crippen LogP contribution < -0.4 is 9.47 Å². The fourth-order valence-electron chi connectivity index (χ4n) is 9.01. The fraction of sp³-hybridized carbons (Fsp3) is 0.629. The Balaban J connectivity index is 1.71. The number of Topliss-reactive ketones (excluding diaryl/α,β-unsaturated/α-hetero) is 2. The van der Waals surface area contributed by atoms with Crippen molar-refractivity contribution in [1.82, 2.24) is 0 Å². The van der Waals surface area contributed by atoms with Crippen molar-refractivity contribution in [2.75, 3.05) is 14.2 Å². The number of aliphatic carboxylic acids is 1. The first-order valence-electron chi connectivity index (χ1n) is 15.7. The number of aromatic hydroxyl groups is 1. The van der Waals surface area contributed by atoms with E-state index in [0.717, 1.165) is 0 Å². The summed E-state index contributed by atoms with van der Waals surface area (Å²) in [6.45, 7) is 16.4. The number of hydrogen-bond acceptors (Lipinski definition) is 10. The second kappa shape index (κ2) is 9.88. The number of carboxylic acid groups (broad SMARTS) is 1. The van der Waals surface area contributed by atoms with E-state index in [4.69, 9.17) is 23.7 Å². The van der Waals surface area contributed by atoms with Crippen LogP contribution in [-0.2, 0) is 35.6 Å². The molecule has 1 aromatic carbocycles. The highest BCUT2D eigenvalue weighted by Crippen LogP contribution is 2.72. The smallest absolute Gasteiger partial charge is 0.330 e. The third kappa shape index (κ3) is 3.65. The maximum absolute atomic E-state index is 15.2. The Bertz CT molecular complexity index is 1620. The highest BCUT2D eigenvalue weighted by Gasteiger charge is 2.90. The van der Waals surface area contributed by atoms with Gasteiger partial charge in [-0.15, -0.1) is 0 Å². The van der Waals surface area contributed by atoms with E-state index < -0.39 is 75.5 Å². The zero-order valence-electron chi connectivity index (χ0n) is 27.9. The summed E-state index contributed by atoms with van der Waals surface area (Å²) in [5.74, 6) is -3.90. The molecule has 0 unspecified atom stereocenters. The van der Waals surface area contributed by atoms with Crippen molar-refractivity contribution in [1.29, 1.82) is 0 Å². The Morgan fingerprint density at radius 3 is 2.37 bits per heavy atom. The second-order valence-electron chi connectivity index (χ2n) is 14.8. The monoisotopic (exact) mass is 640 g/mol. The molecular formula is C35H44O11. The summed E-state index contributed by atoms with van der Waals surface area (Å²) >= 11 is 0. The van der Waals surface area contributed by atoms with Gasteiger partial charge in [-0.25, -0.2) is 4.79 Å². The number of ether oxygens (including phenoxy) is 5. The zero-order valence-corrected chi connectivity index (χ0v) is 27.9. The first kappa shape index (κ1) is 32.7. The summed E-state index contributed by atoms with van der Waals surface area (Å²) < 4.78 is 32.4. The Labute approximate surface area is 268 Å². The largest absolute Gasteiger partial charge is 0.507 e. The molecule has 8 atom stereocenters. The van der Waals surface area contributed by atoms with Crippen LogP contribution in [0.5, 0.6) is 17.2 Å². The topological polar surface area (TPSA) is 158 Å². The van der Waals surface area contributed by atoms with Crippen molar-refractivity contribution in [2.24, 2.45) is 11.8 Å². The number of carboxylic acids is 1. The minimum atomic E-state index is -1.84. The number of carbonyl (C=O) groups is 3. The average Bonchev–Trinajstić information content (AvgIpc) is 3.30. The lowest BCUT2D eigenvalue weighted by Gasteiger charge is -2.65. The van der Waals surface area contributed by atoms with Gasteiger partial charge in [-0.05, 0) is 41.0 Å². The zero-order chi connectivity index (χ0) is 34.1. The van der Waals surface area contributed by atoms with E-state index in [1.807, 2.05) is 34.6 Å². The first-order valence-corrected chi connectivity index (χ1v) is 15.7. The predicted molar refractivity (Wildman–Crippen MR) is 164 cm³/mol. The van der Waals surface area contributed by atoms with Gasteiger partial charge in [-0.2, -0.15) is 0 Å². The molecule has 0 radical (unpaired) electrons. The van der Waals surface area contributed by atoms with E-state index in [2.05, 4.69) is 6.58 Å². The third-order valence-electron chi connectivity index (χ3n) is 11.8. The molecular weight excluding hydrogens is 596 g/mol. The molecule has 3 aliphatic heterocycles. The molecule has 3 aliphatic carbocycles. The van der Waals surface area contributed by atoms with Crippen molar-refractivity contribution in [3.8, 4) is 17.2 Å². The Hall–Kier alpha value is -3.25. The number of benzene rings is 1. The number of methoxy groups -OCH3 is 2. The van der Waals surface area contributed by atoms with Crippen LogP contribution in [0.2, 0.25) is 0 Å². The summed E-state index contributed by atoms with van der Waals surface area (Å²) in [5, 5.41) is 32.5. The fourth-order valence-corrected chi connectivity index (χ4v) is 9.01. The van der Waals surface area contributed by atoms with Gasteiger partial charge in [0.1, 0.15) is 35.0 Å². The standard InChI is InChI=1S/C35H44O11/c1-15(2)19(36)13-18-24(37)21-25(38)22-28(42-9)33(43-10)14-20-32(7,8)46-34(30(33)41,12-11-16(3)29(39)40)35(20,22)45-27(21)23-26(18)44-17(4)31(23,5)6/h11,17,19-20,22,28,36-37H,1,12-14H2,2-10H3,(H,39,40)/t17-,19+,20+,22-,28-,33-,34+,35+/m0/s1. The maximum Gasteiger partial charge on any atom is 0.330 e. The number of rotatable bonds is 8. The molecule has 46 heavy (non-hydrogen) atoms. The van der Waals surface area contributed by atoms with Crippen molar-refractivity contribution in [3.63, 3.8) is 0 Å². The number of fused-ring (bicyclic) bond motifs is 3. The molecule has 0 aromatic heterocycles. The normalized spacial score (nSPS) is 36.8. The quantitative estimate of drug-likeness (QED) is 0.280. The SMILES string of the molecule is C=C(C)[C@H](O)Cc1c(O)c2c(c3c1O[C@@H](C)C3(C)C)O[C@@]13[C@@H]4C[C@@](OC)(C(=O)[C@@]1(CC=C(C)C(=O)O)OC4(C)C)[C@@H](OC)[C@@H]3C2=O. The van der Waals surface area contributed by atoms with E-state index >= 15 is 4.79 Å². The second-order valence-corrected chi connectivity index (χ2v) is 14.8. The van der Waals surface area contributed by atoms with Crippen LogP contribution in [0, 0.1) is 11.8 Å². The highest BCUT2D eigenvalue weighted by molar-refractivity contribution is 6.11. The molecule has 6 aliphatic rings. The Morgan fingerprint density at radius 2 is 1.80 bits per heavy atom. The molecule has 250 valence electrons. The molecule has 4 bridgehead atoms. The molecule has 1 spiro atoms. The maximum atomic E-state index is 15.2. The molecule has 3 heterocycles. The number of hydrogen-bond donors (Lipinski definition) is 3. The van der Waals surface area contributed by atoms with Crippen molar-refractivity contribution in [2.45, 2.75) is 114 Å². The van der Waals surface area contributed by atoms with E-state index in [1.54, 1.807) is 6.92 Å². The number of aliphatic hydroxyl groups excluding tert-OH is 1. The Kier molecular flexibility index (Phi) is 7.02. The van der Waals surface area contributed by atoms with Crippen molar-refractivity contribution < 1.29 is 53.4 Å². The summed E-state index contributed by atoms with van der Waals surface area (Å²) in [5.41, 5.74) is -5.68. The molecule has 1 aromatic rings. The van der Waals surface area contributed by atoms with Crippen LogP contribution in [0.25, 0.3) is 0 Å². The van der Waals surface area contributed by atoms with Crippen LogP contribution in [0.1, 0.15) is 82.8 Å². The van der Waals surface area contributed by atoms with E-state index in [1.165, 1.54) is 27.2 Å². The van der Waals surface area contributed by atoms with Crippen LogP contribution in [-0.4, -0.2) is 87.8 Å². The van der Waals surface area contributed by atoms with E-state index in [-0.39, 0.29) is 47.5 Å². The minimum absolute atomic E-state index is 0.00123. The predicted octanol–water partition coefficient (Wildman–Crippen LogP) is 3.83. The summed E-state index contributed by atoms with van der Waals surface area (Å²) in [6.07, 6.45) is -1.24. The summed E-state index contributed by atoms with van der Waals surface area (Å²) in [4.78, 5) is 42.0. The van der Waals surface area contributed by atoms with Crippen molar-refractivity contribution >= 4 is 17.5 Å². The Morgan fingerprint density at radius 1 is 1.15 bits per heavy atom. The van der Waals surface area contributed by atoms with Crippen LogP contribution >= 0.6 is 0 Å². The van der Waals surface area contributed by atoms with Gasteiger partial charge in [0.2, 0.25) is 5.78 Å². The molecule has 0 amide bonds. The van der Waals surface area contributed by atoms with Gasteiger partial charge >= 0.3 is 5.97 Å². The molecule has 3 N–H and O–H groups in total. The number of aliphatic hydroxyl groups is 1. The van der Waals surface area contributed by atoms with Crippen molar-refractivity contribution in [3.05, 3.63) is 40.5 Å². The van der Waals surface area contributed by atoms with Gasteiger partial charge in [0.25, 0.3) is 0 Å². The van der Waals surface area contributed by atoms with Crippen LogP contribution in [0.3, 0.4) is 0 Å². The highest BCUT2D eigenvalue weighted by atomic mass is 16.6. The van der Waals surface area contributed by atoms with Gasteiger partial charge in [0.15, 0.2) is 22.6 Å². The van der Waals surface area contributed by atoms with E-state index in [0.29, 0.717) is 16.9 Å². The van der Waals surface area contributed by atoms with Crippen LogP contribution in [0.4, 0.5) is 0 Å². The molecule has 4 fully saturated rings. The lowest BCUT2D eigenvalue weighted by Crippen LogP contribution is -2.86. The molecule has 1 saturated heterocycles. The lowest BCUT2D eigenvalue weighted by atomic mass is 9.44. The molecule has 7 rings (SSSR count). The average molecular weight is 641 g/mol. The molecule has 3 saturated carbocycles. The summed E-state index contributed by atoms with van der Waals surface area (Å²) in [7, 11) is 2.80. The van der Waals surface area contributed by atoms with Gasteiger partial charge in [0.05, 0.1) is 17.6 Å². The van der Waals surface area contributed by atoms with Gasteiger partial charge < -0.3 is 39.0 Å². The first-order chi connectivity index (χ1) is 21.3. The lowest BCUT2D eigenvalue weighted by molar-refractivity contribution is -0.267. The number of phenols is 1. The van der Waals surface area contributed by atoms with Crippen LogP contribution in [0.15, 0.2) is 23.8 Å². The number of ketones is 2. The van der Waals surface area contributed by atoms with E-state index in [9.17, 15) is 24.9 Å². The van der Waals surface area contributed by atoms with Gasteiger partial charge in [-0.3, -0.25) is 9.59 Å². The number of phenolic OH excluding ortho intramolecular Hbond substituents is 1. The minimum Gasteiger partial charge on any atom is -0.507 e.